The molecule has 64 valence electrons. The number of aromatic hydroxyl groups is 1. The van der Waals surface area contributed by atoms with Crippen molar-refractivity contribution in [3.05, 3.63) is 17.7 Å². The number of thiol groups is 1. The van der Waals surface area contributed by atoms with Crippen LogP contribution in [-0.4, -0.2) is 16.2 Å². The van der Waals surface area contributed by atoms with Crippen molar-refractivity contribution < 1.29 is 15.0 Å². The molecule has 0 saturated carbocycles. The van der Waals surface area contributed by atoms with E-state index >= 15 is 0 Å². The van der Waals surface area contributed by atoms with Gasteiger partial charge in [0.15, 0.2) is 0 Å². The minimum atomic E-state index is -1.21. The second kappa shape index (κ2) is 2.94. The third kappa shape index (κ3) is 1.45. The molecule has 0 fully saturated rings. The molecule has 5 heteroatoms. The zero-order valence-electron chi connectivity index (χ0n) is 5.98. The van der Waals surface area contributed by atoms with Crippen LogP contribution < -0.4 is 5.73 Å². The van der Waals surface area contributed by atoms with E-state index in [1.54, 1.807) is 0 Å². The molecule has 0 aliphatic carbocycles. The van der Waals surface area contributed by atoms with Gasteiger partial charge in [0, 0.05) is 16.6 Å². The lowest BCUT2D eigenvalue weighted by atomic mass is 10.2. The molecular weight excluding hydrogens is 178 g/mol. The number of carboxylic acids is 1. The van der Waals surface area contributed by atoms with Gasteiger partial charge in [0.25, 0.3) is 0 Å². The summed E-state index contributed by atoms with van der Waals surface area (Å²) in [5, 5.41) is 17.6. The number of hydrogen-bond donors (Lipinski definition) is 4. The molecule has 0 aromatic heterocycles. The first kappa shape index (κ1) is 8.73. The molecule has 1 rings (SSSR count). The first-order valence-corrected chi connectivity index (χ1v) is 3.52. The number of benzene rings is 1. The molecule has 0 bridgehead atoms. The lowest BCUT2D eigenvalue weighted by molar-refractivity contribution is 0.0693. The number of carboxylic acid groups (broad SMARTS) is 1. The first-order chi connectivity index (χ1) is 5.52. The molecule has 12 heavy (non-hydrogen) atoms. The topological polar surface area (TPSA) is 83.5 Å². The highest BCUT2D eigenvalue weighted by molar-refractivity contribution is 7.80. The molecule has 0 radical (unpaired) electrons. The molecule has 1 aromatic carbocycles. The van der Waals surface area contributed by atoms with E-state index in [1.165, 1.54) is 6.07 Å². The third-order valence-electron chi connectivity index (χ3n) is 1.38. The maximum absolute atomic E-state index is 10.5. The maximum Gasteiger partial charge on any atom is 0.339 e. The molecule has 0 spiro atoms. The second-order valence-electron chi connectivity index (χ2n) is 2.23. The molecule has 1 aromatic rings. The zero-order valence-corrected chi connectivity index (χ0v) is 6.88. The smallest absolute Gasteiger partial charge is 0.339 e. The molecule has 0 amide bonds. The van der Waals surface area contributed by atoms with Crippen molar-refractivity contribution >= 4 is 24.3 Å². The summed E-state index contributed by atoms with van der Waals surface area (Å²) in [6.45, 7) is 0. The number of nitrogen functional groups attached to an aromatic ring is 1. The van der Waals surface area contributed by atoms with Crippen molar-refractivity contribution in [2.75, 3.05) is 5.73 Å². The predicted molar refractivity (Wildman–Crippen MR) is 46.7 cm³/mol. The van der Waals surface area contributed by atoms with Gasteiger partial charge in [0.2, 0.25) is 0 Å². The Morgan fingerprint density at radius 3 is 2.58 bits per heavy atom. The molecule has 4 nitrogen and oxygen atoms in total. The fraction of sp³-hybridized carbons (Fsp3) is 0. The summed E-state index contributed by atoms with van der Waals surface area (Å²) in [7, 11) is 0. The Bertz CT molecular complexity index is 338. The van der Waals surface area contributed by atoms with E-state index in [0.717, 1.165) is 6.07 Å². The third-order valence-corrected chi connectivity index (χ3v) is 1.76. The van der Waals surface area contributed by atoms with Crippen molar-refractivity contribution in [3.63, 3.8) is 0 Å². The van der Waals surface area contributed by atoms with Gasteiger partial charge >= 0.3 is 5.97 Å². The van der Waals surface area contributed by atoms with Crippen LogP contribution in [0.2, 0.25) is 0 Å². The van der Waals surface area contributed by atoms with E-state index in [4.69, 9.17) is 15.9 Å². The number of carbonyl (C=O) groups is 1. The average Bonchev–Trinajstić information content (AvgIpc) is 1.96. The summed E-state index contributed by atoms with van der Waals surface area (Å²) < 4.78 is 0. The van der Waals surface area contributed by atoms with Gasteiger partial charge in [-0.3, -0.25) is 0 Å². The number of rotatable bonds is 1. The minimum Gasteiger partial charge on any atom is -0.507 e. The second-order valence-corrected chi connectivity index (χ2v) is 2.72. The standard InChI is InChI=1S/C7H7NO3S/c8-4-2-5(9)3(7(10)11)1-6(4)12/h1-2,9,12H,8H2,(H,10,11). The summed E-state index contributed by atoms with van der Waals surface area (Å²) >= 11 is 3.91. The monoisotopic (exact) mass is 185 g/mol. The van der Waals surface area contributed by atoms with Gasteiger partial charge in [-0.05, 0) is 6.07 Å². The van der Waals surface area contributed by atoms with Crippen LogP contribution in [0.1, 0.15) is 10.4 Å². The number of hydrogen-bond acceptors (Lipinski definition) is 4. The summed E-state index contributed by atoms with van der Waals surface area (Å²) in [5.74, 6) is -1.55. The van der Waals surface area contributed by atoms with Gasteiger partial charge < -0.3 is 15.9 Å². The Labute approximate surface area is 74.0 Å². The van der Waals surface area contributed by atoms with Crippen molar-refractivity contribution in [3.8, 4) is 5.75 Å². The molecule has 0 saturated heterocycles. The first-order valence-electron chi connectivity index (χ1n) is 3.07. The van der Waals surface area contributed by atoms with Gasteiger partial charge in [0.05, 0.1) is 0 Å². The van der Waals surface area contributed by atoms with Crippen LogP contribution >= 0.6 is 12.6 Å². The Balaban J connectivity index is 3.33. The summed E-state index contributed by atoms with van der Waals surface area (Å²) in [6, 6.07) is 2.36. The summed E-state index contributed by atoms with van der Waals surface area (Å²) in [6.07, 6.45) is 0. The molecule has 0 atom stereocenters. The SMILES string of the molecule is Nc1cc(O)c(C(=O)O)cc1S. The van der Waals surface area contributed by atoms with Crippen LogP contribution in [0, 0.1) is 0 Å². The van der Waals surface area contributed by atoms with Gasteiger partial charge in [-0.2, -0.15) is 0 Å². The minimum absolute atomic E-state index is 0.200. The van der Waals surface area contributed by atoms with E-state index in [-0.39, 0.29) is 17.0 Å². The average molecular weight is 185 g/mol. The highest BCUT2D eigenvalue weighted by atomic mass is 32.1. The normalized spacial score (nSPS) is 9.75. The van der Waals surface area contributed by atoms with E-state index < -0.39 is 5.97 Å². The van der Waals surface area contributed by atoms with Crippen molar-refractivity contribution in [2.45, 2.75) is 4.90 Å². The van der Waals surface area contributed by atoms with Crippen LogP contribution in [0.4, 0.5) is 5.69 Å². The fourth-order valence-electron chi connectivity index (χ4n) is 0.764. The van der Waals surface area contributed by atoms with Gasteiger partial charge in [-0.25, -0.2) is 4.79 Å². The largest absolute Gasteiger partial charge is 0.507 e. The van der Waals surface area contributed by atoms with E-state index in [2.05, 4.69) is 12.6 Å². The van der Waals surface area contributed by atoms with Crippen molar-refractivity contribution in [1.29, 1.82) is 0 Å². The van der Waals surface area contributed by atoms with Gasteiger partial charge in [0.1, 0.15) is 11.3 Å². The van der Waals surface area contributed by atoms with Crippen LogP contribution in [0.3, 0.4) is 0 Å². The number of nitrogens with two attached hydrogens (primary N) is 1. The van der Waals surface area contributed by atoms with Crippen molar-refractivity contribution in [2.24, 2.45) is 0 Å². The van der Waals surface area contributed by atoms with Crippen LogP contribution in [0.5, 0.6) is 5.75 Å². The quantitative estimate of drug-likeness (QED) is 0.388. The van der Waals surface area contributed by atoms with Crippen molar-refractivity contribution in [1.82, 2.24) is 0 Å². The highest BCUT2D eigenvalue weighted by Gasteiger charge is 2.10. The van der Waals surface area contributed by atoms with E-state index in [0.29, 0.717) is 4.90 Å². The summed E-state index contributed by atoms with van der Waals surface area (Å²) in [5.41, 5.74) is 5.41. The molecule has 0 unspecified atom stereocenters. The van der Waals surface area contributed by atoms with E-state index in [1.807, 2.05) is 0 Å². The fourth-order valence-corrected chi connectivity index (χ4v) is 0.958. The highest BCUT2D eigenvalue weighted by Crippen LogP contribution is 2.26. The Kier molecular flexibility index (Phi) is 2.14. The Hall–Kier alpha value is -1.36. The molecule has 0 aliphatic heterocycles. The molecule has 4 N–H and O–H groups in total. The van der Waals surface area contributed by atoms with Crippen LogP contribution in [0.25, 0.3) is 0 Å². The molecule has 0 heterocycles. The lowest BCUT2D eigenvalue weighted by Crippen LogP contribution is -1.98. The number of aromatic carboxylic acids is 1. The molecular formula is C7H7NO3S. The summed E-state index contributed by atoms with van der Waals surface area (Å²) in [4.78, 5) is 10.8. The number of phenols is 1. The Morgan fingerprint density at radius 2 is 2.08 bits per heavy atom. The van der Waals surface area contributed by atoms with Crippen LogP contribution in [-0.2, 0) is 0 Å². The van der Waals surface area contributed by atoms with Crippen LogP contribution in [0.15, 0.2) is 17.0 Å². The van der Waals surface area contributed by atoms with E-state index in [9.17, 15) is 4.79 Å². The molecule has 0 aliphatic rings. The zero-order chi connectivity index (χ0) is 9.30. The lowest BCUT2D eigenvalue weighted by Gasteiger charge is -2.02. The maximum atomic E-state index is 10.5. The van der Waals surface area contributed by atoms with Gasteiger partial charge in [-0.15, -0.1) is 12.6 Å². The van der Waals surface area contributed by atoms with Gasteiger partial charge in [-0.1, -0.05) is 0 Å². The Morgan fingerprint density at radius 1 is 1.50 bits per heavy atom. The number of anilines is 1. The predicted octanol–water partition coefficient (Wildman–Crippen LogP) is 0.961.